The van der Waals surface area contributed by atoms with E-state index in [1.807, 2.05) is 24.4 Å². The predicted molar refractivity (Wildman–Crippen MR) is 74.2 cm³/mol. The molecule has 1 saturated heterocycles. The first-order chi connectivity index (χ1) is 9.33. The second-order valence-electron chi connectivity index (χ2n) is 4.12. The zero-order valence-electron chi connectivity index (χ0n) is 10.1. The van der Waals surface area contributed by atoms with Crippen molar-refractivity contribution in [2.45, 2.75) is 6.04 Å². The maximum Gasteiger partial charge on any atom is 0.242 e. The topological polar surface area (TPSA) is 71.8 Å². The summed E-state index contributed by atoms with van der Waals surface area (Å²) in [6.07, 6.45) is 5.15. The van der Waals surface area contributed by atoms with Gasteiger partial charge in [-0.05, 0) is 18.2 Å². The number of rotatable bonds is 3. The summed E-state index contributed by atoms with van der Waals surface area (Å²) < 4.78 is 1.67. The highest BCUT2D eigenvalue weighted by atomic mass is 32.2. The van der Waals surface area contributed by atoms with Crippen LogP contribution in [0.5, 0.6) is 0 Å². The van der Waals surface area contributed by atoms with Crippen molar-refractivity contribution in [2.24, 2.45) is 0 Å². The van der Waals surface area contributed by atoms with Crippen LogP contribution >= 0.6 is 11.8 Å². The monoisotopic (exact) mass is 275 g/mol. The van der Waals surface area contributed by atoms with Crippen molar-refractivity contribution < 1.29 is 4.79 Å². The summed E-state index contributed by atoms with van der Waals surface area (Å²) in [7, 11) is 0. The predicted octanol–water partition coefficient (Wildman–Crippen LogP) is 0.868. The lowest BCUT2D eigenvalue weighted by molar-refractivity contribution is -0.117. The summed E-state index contributed by atoms with van der Waals surface area (Å²) in [4.78, 5) is 16.2. The van der Waals surface area contributed by atoms with E-state index < -0.39 is 0 Å². The van der Waals surface area contributed by atoms with Crippen LogP contribution in [0.4, 0.5) is 5.69 Å². The Bertz CT molecular complexity index is 548. The van der Waals surface area contributed by atoms with Gasteiger partial charge in [0.15, 0.2) is 5.82 Å². The Kier molecular flexibility index (Phi) is 3.47. The van der Waals surface area contributed by atoms with Crippen LogP contribution < -0.4 is 10.6 Å². The number of nitrogens with zero attached hydrogens (tertiary/aromatic N) is 3. The molecule has 7 heteroatoms. The molecule has 1 amide bonds. The lowest BCUT2D eigenvalue weighted by Crippen LogP contribution is -2.37. The van der Waals surface area contributed by atoms with Crippen LogP contribution in [-0.2, 0) is 4.79 Å². The first kappa shape index (κ1) is 12.2. The normalized spacial score (nSPS) is 18.4. The molecule has 1 atom stereocenters. The molecule has 2 aromatic rings. The van der Waals surface area contributed by atoms with Crippen molar-refractivity contribution in [1.82, 2.24) is 20.1 Å². The smallest absolute Gasteiger partial charge is 0.242 e. The standard InChI is InChI=1S/C12H13N5OS/c18-12(10-7-19-8-14-10)16-9-2-3-11(13-6-9)17-5-1-4-15-17/h1-6,10,14H,7-8H2,(H,16,18). The maximum atomic E-state index is 11.9. The van der Waals surface area contributed by atoms with Crippen LogP contribution in [-0.4, -0.2) is 38.3 Å². The van der Waals surface area contributed by atoms with Gasteiger partial charge in [-0.2, -0.15) is 5.10 Å². The molecule has 1 unspecified atom stereocenters. The van der Waals surface area contributed by atoms with E-state index in [0.29, 0.717) is 5.69 Å². The fraction of sp³-hybridized carbons (Fsp3) is 0.250. The molecule has 6 nitrogen and oxygen atoms in total. The zero-order valence-corrected chi connectivity index (χ0v) is 10.9. The van der Waals surface area contributed by atoms with Gasteiger partial charge in [-0.1, -0.05) is 0 Å². The maximum absolute atomic E-state index is 11.9. The number of carbonyl (C=O) groups excluding carboxylic acids is 1. The van der Waals surface area contributed by atoms with Crippen LogP contribution in [0, 0.1) is 0 Å². The van der Waals surface area contributed by atoms with Gasteiger partial charge in [-0.15, -0.1) is 11.8 Å². The van der Waals surface area contributed by atoms with Gasteiger partial charge in [0.1, 0.15) is 0 Å². The molecule has 0 aliphatic carbocycles. The molecule has 3 heterocycles. The molecule has 1 fully saturated rings. The van der Waals surface area contributed by atoms with Gasteiger partial charge in [-0.3, -0.25) is 10.1 Å². The van der Waals surface area contributed by atoms with Gasteiger partial charge >= 0.3 is 0 Å². The van der Waals surface area contributed by atoms with E-state index in [2.05, 4.69) is 20.7 Å². The van der Waals surface area contributed by atoms with E-state index in [1.54, 1.807) is 28.8 Å². The number of pyridine rings is 1. The lowest BCUT2D eigenvalue weighted by atomic mass is 10.3. The van der Waals surface area contributed by atoms with E-state index in [4.69, 9.17) is 0 Å². The zero-order chi connectivity index (χ0) is 13.1. The van der Waals surface area contributed by atoms with Gasteiger partial charge in [0.2, 0.25) is 5.91 Å². The van der Waals surface area contributed by atoms with E-state index in [0.717, 1.165) is 17.4 Å². The molecule has 0 aromatic carbocycles. The van der Waals surface area contributed by atoms with Gasteiger partial charge < -0.3 is 5.32 Å². The molecule has 0 saturated carbocycles. The number of carbonyl (C=O) groups is 1. The highest BCUT2D eigenvalue weighted by molar-refractivity contribution is 7.99. The Labute approximate surface area is 114 Å². The second kappa shape index (κ2) is 5.41. The fourth-order valence-corrected chi connectivity index (χ4v) is 2.73. The summed E-state index contributed by atoms with van der Waals surface area (Å²) in [5, 5.41) is 10.1. The first-order valence-electron chi connectivity index (χ1n) is 5.91. The molecular weight excluding hydrogens is 262 g/mol. The summed E-state index contributed by atoms with van der Waals surface area (Å²) in [5.74, 6) is 2.34. The average molecular weight is 275 g/mol. The fourth-order valence-electron chi connectivity index (χ4n) is 1.79. The van der Waals surface area contributed by atoms with E-state index >= 15 is 0 Å². The van der Waals surface area contributed by atoms with Crippen molar-refractivity contribution in [3.63, 3.8) is 0 Å². The van der Waals surface area contributed by atoms with Crippen LogP contribution in [0.15, 0.2) is 36.8 Å². The van der Waals surface area contributed by atoms with Crippen molar-refractivity contribution in [2.75, 3.05) is 16.9 Å². The number of hydrogen-bond acceptors (Lipinski definition) is 5. The largest absolute Gasteiger partial charge is 0.323 e. The molecule has 0 radical (unpaired) electrons. The van der Waals surface area contributed by atoms with Gasteiger partial charge in [-0.25, -0.2) is 9.67 Å². The van der Waals surface area contributed by atoms with Crippen molar-refractivity contribution in [3.05, 3.63) is 36.8 Å². The Morgan fingerprint density at radius 1 is 1.53 bits per heavy atom. The lowest BCUT2D eigenvalue weighted by Gasteiger charge is -2.10. The highest BCUT2D eigenvalue weighted by Gasteiger charge is 2.22. The van der Waals surface area contributed by atoms with E-state index in [-0.39, 0.29) is 11.9 Å². The molecule has 1 aliphatic rings. The number of nitrogens with one attached hydrogen (secondary N) is 2. The summed E-state index contributed by atoms with van der Waals surface area (Å²) in [6, 6.07) is 5.36. The molecule has 1 aliphatic heterocycles. The minimum Gasteiger partial charge on any atom is -0.323 e. The second-order valence-corrected chi connectivity index (χ2v) is 5.15. The van der Waals surface area contributed by atoms with Crippen molar-refractivity contribution in [3.8, 4) is 5.82 Å². The van der Waals surface area contributed by atoms with Crippen LogP contribution in [0.25, 0.3) is 5.82 Å². The molecular formula is C12H13N5OS. The third-order valence-corrected chi connectivity index (χ3v) is 3.73. The molecule has 98 valence electrons. The van der Waals surface area contributed by atoms with Crippen LogP contribution in [0.3, 0.4) is 0 Å². The number of amides is 1. The number of aromatic nitrogens is 3. The summed E-state index contributed by atoms with van der Waals surface area (Å²) >= 11 is 1.72. The van der Waals surface area contributed by atoms with Crippen molar-refractivity contribution >= 4 is 23.4 Å². The van der Waals surface area contributed by atoms with Gasteiger partial charge in [0.25, 0.3) is 0 Å². The molecule has 2 N–H and O–H groups in total. The Morgan fingerprint density at radius 2 is 2.47 bits per heavy atom. The SMILES string of the molecule is O=C(Nc1ccc(-n2cccn2)nc1)C1CSCN1. The highest BCUT2D eigenvalue weighted by Crippen LogP contribution is 2.13. The molecule has 2 aromatic heterocycles. The average Bonchev–Trinajstić information content (AvgIpc) is 3.13. The Balaban J connectivity index is 1.67. The number of anilines is 1. The van der Waals surface area contributed by atoms with Gasteiger partial charge in [0, 0.05) is 24.0 Å². The number of thioether (sulfide) groups is 1. The van der Waals surface area contributed by atoms with Crippen LogP contribution in [0.1, 0.15) is 0 Å². The summed E-state index contributed by atoms with van der Waals surface area (Å²) in [6.45, 7) is 0. The molecule has 3 rings (SSSR count). The Hall–Kier alpha value is -1.86. The third-order valence-electron chi connectivity index (χ3n) is 2.79. The third kappa shape index (κ3) is 2.77. The quantitative estimate of drug-likeness (QED) is 0.869. The van der Waals surface area contributed by atoms with E-state index in [1.165, 1.54) is 0 Å². The van der Waals surface area contributed by atoms with Gasteiger partial charge in [0.05, 0.1) is 17.9 Å². The molecule has 0 bridgehead atoms. The summed E-state index contributed by atoms with van der Waals surface area (Å²) in [5.41, 5.74) is 0.694. The molecule has 0 spiro atoms. The minimum absolute atomic E-state index is 0.0151. The molecule has 19 heavy (non-hydrogen) atoms. The van der Waals surface area contributed by atoms with Crippen molar-refractivity contribution in [1.29, 1.82) is 0 Å². The van der Waals surface area contributed by atoms with E-state index in [9.17, 15) is 4.79 Å². The number of hydrogen-bond donors (Lipinski definition) is 2. The Morgan fingerprint density at radius 3 is 3.11 bits per heavy atom. The van der Waals surface area contributed by atoms with Crippen LogP contribution in [0.2, 0.25) is 0 Å². The first-order valence-corrected chi connectivity index (χ1v) is 7.06. The minimum atomic E-state index is -0.115.